The standard InChI is InChI=1S/C14H24N4OS/c1-11-12(20-14(15-11)16(2)3)10-17(4)8-9-18-7-5-6-13(18)19/h5-10H2,1-4H3. The lowest BCUT2D eigenvalue weighted by molar-refractivity contribution is -0.127. The van der Waals surface area contributed by atoms with Gasteiger partial charge in [-0.05, 0) is 20.4 Å². The van der Waals surface area contributed by atoms with Crippen molar-refractivity contribution in [3.8, 4) is 0 Å². The molecule has 112 valence electrons. The Balaban J connectivity index is 1.84. The summed E-state index contributed by atoms with van der Waals surface area (Å²) in [6.07, 6.45) is 1.74. The molecule has 0 aromatic carbocycles. The maximum Gasteiger partial charge on any atom is 0.222 e. The summed E-state index contributed by atoms with van der Waals surface area (Å²) in [5, 5.41) is 1.06. The molecule has 1 aliphatic heterocycles. The van der Waals surface area contributed by atoms with Gasteiger partial charge in [-0.15, -0.1) is 11.3 Å². The fourth-order valence-corrected chi connectivity index (χ4v) is 3.37. The van der Waals surface area contributed by atoms with E-state index in [0.717, 1.165) is 49.8 Å². The Morgan fingerprint density at radius 2 is 2.10 bits per heavy atom. The van der Waals surface area contributed by atoms with Crippen LogP contribution in [0.25, 0.3) is 0 Å². The molecular weight excluding hydrogens is 272 g/mol. The maximum atomic E-state index is 11.6. The molecule has 5 nitrogen and oxygen atoms in total. The van der Waals surface area contributed by atoms with Gasteiger partial charge in [-0.2, -0.15) is 0 Å². The van der Waals surface area contributed by atoms with Crippen LogP contribution < -0.4 is 4.90 Å². The van der Waals surface area contributed by atoms with E-state index in [1.165, 1.54) is 4.88 Å². The van der Waals surface area contributed by atoms with Crippen molar-refractivity contribution in [2.75, 3.05) is 45.7 Å². The summed E-state index contributed by atoms with van der Waals surface area (Å²) >= 11 is 1.75. The van der Waals surface area contributed by atoms with Crippen molar-refractivity contribution in [3.63, 3.8) is 0 Å². The lowest BCUT2D eigenvalue weighted by Crippen LogP contribution is -2.33. The largest absolute Gasteiger partial charge is 0.354 e. The number of aromatic nitrogens is 1. The molecule has 1 aliphatic rings. The van der Waals surface area contributed by atoms with Gasteiger partial charge in [-0.1, -0.05) is 0 Å². The van der Waals surface area contributed by atoms with Gasteiger partial charge in [0.2, 0.25) is 5.91 Å². The van der Waals surface area contributed by atoms with Gasteiger partial charge in [-0.3, -0.25) is 9.69 Å². The highest BCUT2D eigenvalue weighted by molar-refractivity contribution is 7.15. The second kappa shape index (κ2) is 6.54. The monoisotopic (exact) mass is 296 g/mol. The van der Waals surface area contributed by atoms with Crippen LogP contribution in [0.4, 0.5) is 5.13 Å². The van der Waals surface area contributed by atoms with Gasteiger partial charge in [-0.25, -0.2) is 4.98 Å². The van der Waals surface area contributed by atoms with Crippen LogP contribution in [0.3, 0.4) is 0 Å². The Kier molecular flexibility index (Phi) is 4.99. The minimum atomic E-state index is 0.308. The molecule has 0 saturated carbocycles. The SMILES string of the molecule is Cc1nc(N(C)C)sc1CN(C)CCN1CCCC1=O. The lowest BCUT2D eigenvalue weighted by Gasteiger charge is -2.21. The quantitative estimate of drug-likeness (QED) is 0.799. The lowest BCUT2D eigenvalue weighted by atomic mass is 10.3. The summed E-state index contributed by atoms with van der Waals surface area (Å²) in [6.45, 7) is 5.65. The number of anilines is 1. The van der Waals surface area contributed by atoms with E-state index in [1.807, 2.05) is 23.9 Å². The van der Waals surface area contributed by atoms with Crippen molar-refractivity contribution >= 4 is 22.4 Å². The van der Waals surface area contributed by atoms with Gasteiger partial charge >= 0.3 is 0 Å². The molecule has 0 spiro atoms. The molecule has 0 N–H and O–H groups in total. The van der Waals surface area contributed by atoms with E-state index < -0.39 is 0 Å². The van der Waals surface area contributed by atoms with Crippen molar-refractivity contribution in [1.29, 1.82) is 0 Å². The van der Waals surface area contributed by atoms with Gasteiger partial charge in [0.1, 0.15) is 0 Å². The fourth-order valence-electron chi connectivity index (χ4n) is 2.31. The molecule has 0 aliphatic carbocycles. The van der Waals surface area contributed by atoms with E-state index in [9.17, 15) is 4.79 Å². The molecule has 6 heteroatoms. The van der Waals surface area contributed by atoms with Gasteiger partial charge < -0.3 is 9.80 Å². The first-order chi connectivity index (χ1) is 9.47. The molecule has 0 radical (unpaired) electrons. The Morgan fingerprint density at radius 3 is 2.65 bits per heavy atom. The molecule has 2 rings (SSSR count). The van der Waals surface area contributed by atoms with Crippen molar-refractivity contribution in [3.05, 3.63) is 10.6 Å². The number of hydrogen-bond donors (Lipinski definition) is 0. The van der Waals surface area contributed by atoms with E-state index >= 15 is 0 Å². The van der Waals surface area contributed by atoms with E-state index in [4.69, 9.17) is 0 Å². The molecule has 0 unspecified atom stereocenters. The highest BCUT2D eigenvalue weighted by Gasteiger charge is 2.20. The molecule has 1 aromatic heterocycles. The number of likely N-dealkylation sites (tertiary alicyclic amines) is 1. The third-order valence-corrected chi connectivity index (χ3v) is 4.91. The zero-order chi connectivity index (χ0) is 14.7. The number of carbonyl (C=O) groups is 1. The average Bonchev–Trinajstić information content (AvgIpc) is 2.94. The fraction of sp³-hybridized carbons (Fsp3) is 0.714. The smallest absolute Gasteiger partial charge is 0.222 e. The molecule has 0 bridgehead atoms. The van der Waals surface area contributed by atoms with Gasteiger partial charge in [0.05, 0.1) is 5.69 Å². The number of nitrogens with zero attached hydrogens (tertiary/aromatic N) is 4. The summed E-state index contributed by atoms with van der Waals surface area (Å²) in [5.41, 5.74) is 1.11. The highest BCUT2D eigenvalue weighted by atomic mass is 32.1. The average molecular weight is 296 g/mol. The predicted octanol–water partition coefficient (Wildman–Crippen LogP) is 1.57. The predicted molar refractivity (Wildman–Crippen MR) is 83.3 cm³/mol. The van der Waals surface area contributed by atoms with E-state index in [1.54, 1.807) is 11.3 Å². The number of carbonyl (C=O) groups excluding carboxylic acids is 1. The number of amides is 1. The molecule has 0 atom stereocenters. The summed E-state index contributed by atoms with van der Waals surface area (Å²) in [4.78, 5) is 23.7. The van der Waals surface area contributed by atoms with Crippen LogP contribution in [0.2, 0.25) is 0 Å². The second-order valence-electron chi connectivity index (χ2n) is 5.62. The number of hydrogen-bond acceptors (Lipinski definition) is 5. The van der Waals surface area contributed by atoms with E-state index in [2.05, 4.69) is 23.9 Å². The summed E-state index contributed by atoms with van der Waals surface area (Å²) in [7, 11) is 6.14. The van der Waals surface area contributed by atoms with Gasteiger partial charge in [0.15, 0.2) is 5.13 Å². The molecule has 1 fully saturated rings. The molecule has 1 aromatic rings. The zero-order valence-electron chi connectivity index (χ0n) is 12.8. The Labute approximate surface area is 125 Å². The van der Waals surface area contributed by atoms with Gasteiger partial charge in [0, 0.05) is 51.6 Å². The molecule has 1 saturated heterocycles. The van der Waals surface area contributed by atoms with E-state index in [0.29, 0.717) is 5.91 Å². The second-order valence-corrected chi connectivity index (χ2v) is 6.68. The summed E-state index contributed by atoms with van der Waals surface area (Å²) < 4.78 is 0. The van der Waals surface area contributed by atoms with Crippen LogP contribution in [-0.2, 0) is 11.3 Å². The van der Waals surface area contributed by atoms with E-state index in [-0.39, 0.29) is 0 Å². The van der Waals surface area contributed by atoms with Gasteiger partial charge in [0.25, 0.3) is 0 Å². The number of likely N-dealkylation sites (N-methyl/N-ethyl adjacent to an activating group) is 1. The third kappa shape index (κ3) is 3.70. The van der Waals surface area contributed by atoms with Crippen molar-refractivity contribution in [2.24, 2.45) is 0 Å². The summed E-state index contributed by atoms with van der Waals surface area (Å²) in [5.74, 6) is 0.308. The first kappa shape index (κ1) is 15.3. The maximum absolute atomic E-state index is 11.6. The van der Waals surface area contributed by atoms with Crippen LogP contribution >= 0.6 is 11.3 Å². The van der Waals surface area contributed by atoms with Crippen LogP contribution in [0, 0.1) is 6.92 Å². The van der Waals surface area contributed by atoms with Crippen molar-refractivity contribution < 1.29 is 4.79 Å². The minimum Gasteiger partial charge on any atom is -0.354 e. The molecule has 20 heavy (non-hydrogen) atoms. The van der Waals surface area contributed by atoms with Crippen molar-refractivity contribution in [2.45, 2.75) is 26.3 Å². The first-order valence-corrected chi connectivity index (χ1v) is 7.89. The number of thiazole rings is 1. The van der Waals surface area contributed by atoms with Crippen LogP contribution in [0.1, 0.15) is 23.4 Å². The highest BCUT2D eigenvalue weighted by Crippen LogP contribution is 2.25. The normalized spacial score (nSPS) is 15.4. The Hall–Kier alpha value is -1.14. The van der Waals surface area contributed by atoms with Crippen LogP contribution in [0.15, 0.2) is 0 Å². The topological polar surface area (TPSA) is 39.7 Å². The molecular formula is C14H24N4OS. The minimum absolute atomic E-state index is 0.308. The number of rotatable bonds is 6. The Morgan fingerprint density at radius 1 is 1.35 bits per heavy atom. The first-order valence-electron chi connectivity index (χ1n) is 7.07. The molecule has 2 heterocycles. The number of aryl methyl sites for hydroxylation is 1. The zero-order valence-corrected chi connectivity index (χ0v) is 13.7. The Bertz CT molecular complexity index is 472. The summed E-state index contributed by atoms with van der Waals surface area (Å²) in [6, 6.07) is 0. The molecule has 1 amide bonds. The van der Waals surface area contributed by atoms with Crippen molar-refractivity contribution in [1.82, 2.24) is 14.8 Å². The van der Waals surface area contributed by atoms with Crippen LogP contribution in [0.5, 0.6) is 0 Å². The third-order valence-electron chi connectivity index (χ3n) is 3.60. The van der Waals surface area contributed by atoms with Crippen LogP contribution in [-0.4, -0.2) is 61.5 Å².